The molecule has 0 radical (unpaired) electrons. The molecule has 2 aromatic carbocycles. The molecule has 2 aliphatic heterocycles. The fraction of sp³-hybridized carbons (Fsp3) is 0.333. The van der Waals surface area contributed by atoms with Crippen LogP contribution in [0.3, 0.4) is 0 Å². The molecule has 1 saturated heterocycles. The first kappa shape index (κ1) is 26.5. The molecule has 1 fully saturated rings. The summed E-state index contributed by atoms with van der Waals surface area (Å²) in [6.07, 6.45) is 1.21. The van der Waals surface area contributed by atoms with Gasteiger partial charge in [0.05, 0.1) is 19.4 Å². The molecule has 11 heteroatoms. The van der Waals surface area contributed by atoms with E-state index in [1.54, 1.807) is 38.2 Å². The predicted molar refractivity (Wildman–Crippen MR) is 137 cm³/mol. The first-order valence-corrected chi connectivity index (χ1v) is 12.0. The van der Waals surface area contributed by atoms with Gasteiger partial charge in [0.1, 0.15) is 5.57 Å². The van der Waals surface area contributed by atoms with Crippen LogP contribution in [0.15, 0.2) is 29.8 Å². The van der Waals surface area contributed by atoms with Gasteiger partial charge < -0.3 is 23.8 Å². The average Bonchev–Trinajstić information content (AvgIpc) is 3.35. The van der Waals surface area contributed by atoms with Crippen LogP contribution in [0.25, 0.3) is 6.08 Å². The van der Waals surface area contributed by atoms with Crippen molar-refractivity contribution in [3.05, 3.63) is 52.1 Å². The number of methoxy groups -OCH3 is 1. The molecule has 11 nitrogen and oxygen atoms in total. The number of hydrogen-bond donors (Lipinski definition) is 1. The van der Waals surface area contributed by atoms with Gasteiger partial charge in [0.25, 0.3) is 11.8 Å². The Morgan fingerprint density at radius 1 is 1.16 bits per heavy atom. The summed E-state index contributed by atoms with van der Waals surface area (Å²) in [6, 6.07) is 6.02. The molecule has 2 aliphatic rings. The number of amides is 5. The normalized spacial score (nSPS) is 15.6. The van der Waals surface area contributed by atoms with Gasteiger partial charge in [-0.15, -0.1) is 0 Å². The molecule has 0 bridgehead atoms. The molecular weight excluding hydrogens is 494 g/mol. The smallest absolute Gasteiger partial charge is 0.409 e. The molecule has 200 valence electrons. The largest absolute Gasteiger partial charge is 0.492 e. The van der Waals surface area contributed by atoms with Gasteiger partial charge in [-0.25, -0.2) is 14.5 Å². The quantitative estimate of drug-likeness (QED) is 0.433. The Balaban J connectivity index is 1.77. The van der Waals surface area contributed by atoms with E-state index in [4.69, 9.17) is 18.9 Å². The third kappa shape index (κ3) is 4.99. The van der Waals surface area contributed by atoms with Gasteiger partial charge >= 0.3 is 12.1 Å². The van der Waals surface area contributed by atoms with Gasteiger partial charge in [0.2, 0.25) is 12.5 Å². The number of nitrogens with zero attached hydrogens (tertiary/aromatic N) is 2. The van der Waals surface area contributed by atoms with E-state index < -0.39 is 23.9 Å². The highest BCUT2D eigenvalue weighted by Gasteiger charge is 2.38. The molecule has 4 rings (SSSR count). The van der Waals surface area contributed by atoms with Crippen LogP contribution in [0.5, 0.6) is 17.2 Å². The standard InChI is InChI=1S/C27H29N3O8/c1-6-36-27(34)29(4)10-9-17-12-21-23(38-14-37-21)22(35-5)19(17)13-20-24(31)28-26(33)30(25(20)32)18-8-7-15(2)16(3)11-18/h7-8,11-13H,6,9-10,14H2,1-5H3,(H,28,31,33)/b20-13+. The Kier molecular flexibility index (Phi) is 7.56. The highest BCUT2D eigenvalue weighted by molar-refractivity contribution is 6.39. The Labute approximate surface area is 219 Å². The number of rotatable bonds is 7. The second kappa shape index (κ2) is 10.8. The minimum Gasteiger partial charge on any atom is -0.492 e. The molecule has 0 saturated carbocycles. The number of barbiturate groups is 1. The van der Waals surface area contributed by atoms with Crippen molar-refractivity contribution in [2.45, 2.75) is 27.2 Å². The molecule has 5 amide bonds. The number of carbonyl (C=O) groups is 4. The Hall–Kier alpha value is -4.54. The summed E-state index contributed by atoms with van der Waals surface area (Å²) < 4.78 is 21.8. The highest BCUT2D eigenvalue weighted by atomic mass is 16.7. The summed E-state index contributed by atoms with van der Waals surface area (Å²) in [5.41, 5.74) is 2.97. The van der Waals surface area contributed by atoms with Crippen LogP contribution in [0.2, 0.25) is 0 Å². The van der Waals surface area contributed by atoms with E-state index in [9.17, 15) is 19.2 Å². The fourth-order valence-corrected chi connectivity index (χ4v) is 4.16. The molecule has 2 heterocycles. The summed E-state index contributed by atoms with van der Waals surface area (Å²) >= 11 is 0. The Morgan fingerprint density at radius 2 is 1.92 bits per heavy atom. The van der Waals surface area contributed by atoms with Gasteiger partial charge in [-0.3, -0.25) is 14.9 Å². The lowest BCUT2D eigenvalue weighted by molar-refractivity contribution is -0.122. The number of fused-ring (bicyclic) bond motifs is 1. The number of imide groups is 2. The predicted octanol–water partition coefficient (Wildman–Crippen LogP) is 3.34. The number of anilines is 1. The summed E-state index contributed by atoms with van der Waals surface area (Å²) in [6.45, 7) is 5.98. The number of urea groups is 1. The summed E-state index contributed by atoms with van der Waals surface area (Å²) in [5.74, 6) is -0.598. The van der Waals surface area contributed by atoms with Crippen molar-refractivity contribution in [3.63, 3.8) is 0 Å². The highest BCUT2D eigenvalue weighted by Crippen LogP contribution is 2.46. The lowest BCUT2D eigenvalue weighted by Crippen LogP contribution is -2.54. The zero-order valence-corrected chi connectivity index (χ0v) is 21.9. The number of hydrogen-bond acceptors (Lipinski definition) is 8. The maximum absolute atomic E-state index is 13.5. The monoisotopic (exact) mass is 523 g/mol. The van der Waals surface area contributed by atoms with Crippen molar-refractivity contribution in [1.29, 1.82) is 0 Å². The molecule has 0 atom stereocenters. The molecule has 0 unspecified atom stereocenters. The number of nitrogens with one attached hydrogen (secondary N) is 1. The molecule has 0 aromatic heterocycles. The second-order valence-corrected chi connectivity index (χ2v) is 8.81. The van der Waals surface area contributed by atoms with E-state index in [1.165, 1.54) is 18.1 Å². The van der Waals surface area contributed by atoms with Gasteiger partial charge in [0.15, 0.2) is 11.5 Å². The maximum atomic E-state index is 13.5. The second-order valence-electron chi connectivity index (χ2n) is 8.81. The number of carbonyl (C=O) groups excluding carboxylic acids is 4. The van der Waals surface area contributed by atoms with Crippen LogP contribution in [0.1, 0.15) is 29.2 Å². The van der Waals surface area contributed by atoms with Crippen molar-refractivity contribution in [2.75, 3.05) is 39.0 Å². The van der Waals surface area contributed by atoms with Crippen molar-refractivity contribution >= 4 is 35.7 Å². The van der Waals surface area contributed by atoms with Crippen LogP contribution >= 0.6 is 0 Å². The Bertz CT molecular complexity index is 1350. The van der Waals surface area contributed by atoms with Gasteiger partial charge in [-0.2, -0.15) is 0 Å². The third-order valence-electron chi connectivity index (χ3n) is 6.38. The maximum Gasteiger partial charge on any atom is 0.409 e. The van der Waals surface area contributed by atoms with Crippen molar-refractivity contribution in [1.82, 2.24) is 10.2 Å². The molecule has 1 N–H and O–H groups in total. The first-order valence-electron chi connectivity index (χ1n) is 12.0. The minimum absolute atomic E-state index is 0.0254. The van der Waals surface area contributed by atoms with E-state index in [2.05, 4.69) is 5.32 Å². The van der Waals surface area contributed by atoms with Gasteiger partial charge in [-0.1, -0.05) is 6.07 Å². The first-order chi connectivity index (χ1) is 18.2. The number of benzene rings is 2. The van der Waals surface area contributed by atoms with E-state index >= 15 is 0 Å². The van der Waals surface area contributed by atoms with E-state index in [1.807, 2.05) is 13.8 Å². The minimum atomic E-state index is -0.839. The third-order valence-corrected chi connectivity index (χ3v) is 6.38. The molecular formula is C27H29N3O8. The van der Waals surface area contributed by atoms with Crippen LogP contribution in [-0.4, -0.2) is 62.9 Å². The lowest BCUT2D eigenvalue weighted by Gasteiger charge is -2.27. The topological polar surface area (TPSA) is 124 Å². The van der Waals surface area contributed by atoms with Crippen molar-refractivity contribution in [3.8, 4) is 17.2 Å². The number of aryl methyl sites for hydroxylation is 2. The Morgan fingerprint density at radius 3 is 2.61 bits per heavy atom. The van der Waals surface area contributed by atoms with E-state index in [0.29, 0.717) is 34.7 Å². The molecule has 2 aromatic rings. The number of ether oxygens (including phenoxy) is 4. The van der Waals surface area contributed by atoms with Crippen LogP contribution in [0.4, 0.5) is 15.3 Å². The van der Waals surface area contributed by atoms with E-state index in [-0.39, 0.29) is 31.3 Å². The molecule has 0 aliphatic carbocycles. The van der Waals surface area contributed by atoms with Gasteiger partial charge in [0, 0.05) is 19.2 Å². The van der Waals surface area contributed by atoms with E-state index in [0.717, 1.165) is 16.0 Å². The summed E-state index contributed by atoms with van der Waals surface area (Å²) in [7, 11) is 3.03. The van der Waals surface area contributed by atoms with Crippen LogP contribution < -0.4 is 24.4 Å². The molecule has 0 spiro atoms. The summed E-state index contributed by atoms with van der Waals surface area (Å²) in [4.78, 5) is 53.5. The summed E-state index contributed by atoms with van der Waals surface area (Å²) in [5, 5.41) is 2.24. The molecule has 38 heavy (non-hydrogen) atoms. The van der Waals surface area contributed by atoms with Gasteiger partial charge in [-0.05, 0) is 68.2 Å². The number of likely N-dealkylation sites (N-methyl/N-ethyl adjacent to an activating group) is 1. The van der Waals surface area contributed by atoms with Crippen molar-refractivity contribution < 1.29 is 38.1 Å². The zero-order chi connectivity index (χ0) is 27.6. The van der Waals surface area contributed by atoms with Crippen LogP contribution in [0, 0.1) is 13.8 Å². The zero-order valence-electron chi connectivity index (χ0n) is 21.9. The van der Waals surface area contributed by atoms with Crippen LogP contribution in [-0.2, 0) is 20.7 Å². The SMILES string of the molecule is CCOC(=O)N(C)CCc1cc2c(c(OC)c1/C=C1\C(=O)NC(=O)N(c3ccc(C)c(C)c3)C1=O)OCO2. The average molecular weight is 524 g/mol. The fourth-order valence-electron chi connectivity index (χ4n) is 4.16. The lowest BCUT2D eigenvalue weighted by atomic mass is 9.97. The van der Waals surface area contributed by atoms with Crippen molar-refractivity contribution in [2.24, 2.45) is 0 Å².